The van der Waals surface area contributed by atoms with E-state index < -0.39 is 17.5 Å². The monoisotopic (exact) mass is 411 g/mol. The summed E-state index contributed by atoms with van der Waals surface area (Å²) in [6.45, 7) is 5.55. The summed E-state index contributed by atoms with van der Waals surface area (Å²) in [6, 6.07) is 19.3. The lowest BCUT2D eigenvalue weighted by atomic mass is 9.73. The van der Waals surface area contributed by atoms with Crippen molar-refractivity contribution < 1.29 is 19.4 Å². The largest absolute Gasteiger partial charge is 0.481 e. The Labute approximate surface area is 179 Å². The molecule has 0 fully saturated rings. The fourth-order valence-corrected chi connectivity index (χ4v) is 4.01. The molecule has 0 bridgehead atoms. The average Bonchev–Trinajstić information content (AvgIpc) is 2.73. The third-order valence-corrected chi connectivity index (χ3v) is 5.60. The quantitative estimate of drug-likeness (QED) is 0.530. The standard InChI is InChI=1S/C25H33NO4/c1-4-23(27)30-25(22-13-9-6-10-14-22,17-20-11-7-5-8-12-20)18(2)15-21(24(28)29)16-19(3)26/h5-14,18-19,21H,4,15-17,26H2,1-3H3,(H,28,29). The SMILES string of the molecule is CCC(=O)OC(Cc1ccccc1)(c1ccccc1)C(C)CC(CC(C)N)C(=O)O. The molecule has 0 aliphatic rings. The van der Waals surface area contributed by atoms with Crippen LogP contribution in [0.2, 0.25) is 0 Å². The topological polar surface area (TPSA) is 89.6 Å². The molecule has 2 rings (SSSR count). The fraction of sp³-hybridized carbons (Fsp3) is 0.440. The molecule has 0 spiro atoms. The van der Waals surface area contributed by atoms with Gasteiger partial charge in [0.05, 0.1) is 5.92 Å². The minimum absolute atomic E-state index is 0.225. The van der Waals surface area contributed by atoms with Crippen molar-refractivity contribution in [2.24, 2.45) is 17.6 Å². The van der Waals surface area contributed by atoms with Crippen molar-refractivity contribution in [2.75, 3.05) is 0 Å². The lowest BCUT2D eigenvalue weighted by Gasteiger charge is -2.40. The minimum Gasteiger partial charge on any atom is -0.481 e. The van der Waals surface area contributed by atoms with Crippen molar-refractivity contribution in [2.45, 2.75) is 58.1 Å². The van der Waals surface area contributed by atoms with E-state index in [-0.39, 0.29) is 24.3 Å². The zero-order chi connectivity index (χ0) is 22.1. The maximum Gasteiger partial charge on any atom is 0.306 e. The number of carboxylic acid groups (broad SMARTS) is 1. The van der Waals surface area contributed by atoms with E-state index in [9.17, 15) is 14.7 Å². The molecule has 0 heterocycles. The van der Waals surface area contributed by atoms with Crippen molar-refractivity contribution in [3.8, 4) is 0 Å². The smallest absolute Gasteiger partial charge is 0.306 e. The van der Waals surface area contributed by atoms with Crippen molar-refractivity contribution in [1.82, 2.24) is 0 Å². The van der Waals surface area contributed by atoms with Gasteiger partial charge < -0.3 is 15.6 Å². The first kappa shape index (κ1) is 23.6. The molecule has 2 aromatic carbocycles. The summed E-state index contributed by atoms with van der Waals surface area (Å²) < 4.78 is 6.16. The Morgan fingerprint density at radius 1 is 1.00 bits per heavy atom. The van der Waals surface area contributed by atoms with Gasteiger partial charge in [0, 0.05) is 24.8 Å². The number of esters is 1. The summed E-state index contributed by atoms with van der Waals surface area (Å²) >= 11 is 0. The number of carboxylic acids is 1. The Hall–Kier alpha value is -2.66. The summed E-state index contributed by atoms with van der Waals surface area (Å²) in [7, 11) is 0. The van der Waals surface area contributed by atoms with Crippen LogP contribution in [0.25, 0.3) is 0 Å². The van der Waals surface area contributed by atoms with Crippen molar-refractivity contribution in [1.29, 1.82) is 0 Å². The van der Waals surface area contributed by atoms with E-state index in [0.29, 0.717) is 19.3 Å². The first-order valence-electron chi connectivity index (χ1n) is 10.6. The Bertz CT molecular complexity index is 806. The fourth-order valence-electron chi connectivity index (χ4n) is 4.01. The van der Waals surface area contributed by atoms with Gasteiger partial charge in [-0.1, -0.05) is 74.5 Å². The maximum atomic E-state index is 12.5. The van der Waals surface area contributed by atoms with Gasteiger partial charge in [0.1, 0.15) is 5.60 Å². The summed E-state index contributed by atoms with van der Waals surface area (Å²) in [5, 5.41) is 9.76. The zero-order valence-corrected chi connectivity index (χ0v) is 18.1. The molecule has 3 N–H and O–H groups in total. The molecule has 0 saturated heterocycles. The second kappa shape index (κ2) is 10.9. The van der Waals surface area contributed by atoms with E-state index in [2.05, 4.69) is 0 Å². The molecular formula is C25H33NO4. The van der Waals surface area contributed by atoms with Crippen LogP contribution in [0.3, 0.4) is 0 Å². The van der Waals surface area contributed by atoms with E-state index in [1.807, 2.05) is 74.5 Å². The Kier molecular flexibility index (Phi) is 8.60. The highest BCUT2D eigenvalue weighted by atomic mass is 16.6. The number of benzene rings is 2. The van der Waals surface area contributed by atoms with Gasteiger partial charge in [-0.3, -0.25) is 9.59 Å². The summed E-state index contributed by atoms with van der Waals surface area (Å²) in [4.78, 5) is 24.4. The molecule has 5 nitrogen and oxygen atoms in total. The van der Waals surface area contributed by atoms with Gasteiger partial charge in [0.2, 0.25) is 0 Å². The van der Waals surface area contributed by atoms with Gasteiger partial charge >= 0.3 is 11.9 Å². The number of rotatable bonds is 11. The second-order valence-corrected chi connectivity index (χ2v) is 8.13. The van der Waals surface area contributed by atoms with Crippen LogP contribution in [0.5, 0.6) is 0 Å². The van der Waals surface area contributed by atoms with Crippen LogP contribution in [0.15, 0.2) is 60.7 Å². The van der Waals surface area contributed by atoms with Crippen molar-refractivity contribution >= 4 is 11.9 Å². The van der Waals surface area contributed by atoms with Crippen LogP contribution in [0.4, 0.5) is 0 Å². The normalized spacial score (nSPS) is 16.1. The van der Waals surface area contributed by atoms with Crippen LogP contribution in [-0.4, -0.2) is 23.1 Å². The number of carbonyl (C=O) groups excluding carboxylic acids is 1. The number of nitrogens with two attached hydrogens (primary N) is 1. The molecule has 5 heteroatoms. The highest BCUT2D eigenvalue weighted by Crippen LogP contribution is 2.41. The molecule has 0 aliphatic heterocycles. The highest BCUT2D eigenvalue weighted by molar-refractivity contribution is 5.71. The third kappa shape index (κ3) is 6.17. The minimum atomic E-state index is -0.971. The van der Waals surface area contributed by atoms with E-state index in [0.717, 1.165) is 11.1 Å². The molecular weight excluding hydrogens is 378 g/mol. The number of carbonyl (C=O) groups is 2. The number of aliphatic carboxylic acids is 1. The molecule has 0 aromatic heterocycles. The van der Waals surface area contributed by atoms with E-state index in [4.69, 9.17) is 10.5 Å². The zero-order valence-electron chi connectivity index (χ0n) is 18.1. The van der Waals surface area contributed by atoms with Crippen LogP contribution in [0.1, 0.15) is 51.2 Å². The molecule has 0 aliphatic carbocycles. The highest BCUT2D eigenvalue weighted by Gasteiger charge is 2.43. The van der Waals surface area contributed by atoms with Crippen molar-refractivity contribution in [3.05, 3.63) is 71.8 Å². The van der Waals surface area contributed by atoms with Gasteiger partial charge in [0.25, 0.3) is 0 Å². The summed E-state index contributed by atoms with van der Waals surface area (Å²) in [5.41, 5.74) is 6.83. The molecule has 0 saturated carbocycles. The molecule has 0 radical (unpaired) electrons. The predicted molar refractivity (Wildman–Crippen MR) is 118 cm³/mol. The number of ether oxygens (including phenoxy) is 1. The van der Waals surface area contributed by atoms with Crippen LogP contribution in [-0.2, 0) is 26.3 Å². The van der Waals surface area contributed by atoms with Gasteiger partial charge in [-0.15, -0.1) is 0 Å². The van der Waals surface area contributed by atoms with Gasteiger partial charge in [-0.2, -0.15) is 0 Å². The van der Waals surface area contributed by atoms with E-state index in [1.54, 1.807) is 6.92 Å². The molecule has 30 heavy (non-hydrogen) atoms. The van der Waals surface area contributed by atoms with Gasteiger partial charge in [-0.05, 0) is 30.9 Å². The first-order chi connectivity index (χ1) is 14.3. The molecule has 2 aromatic rings. The average molecular weight is 412 g/mol. The van der Waals surface area contributed by atoms with Crippen LogP contribution < -0.4 is 5.73 Å². The van der Waals surface area contributed by atoms with Crippen molar-refractivity contribution in [3.63, 3.8) is 0 Å². The van der Waals surface area contributed by atoms with Crippen LogP contribution >= 0.6 is 0 Å². The molecule has 162 valence electrons. The Balaban J connectivity index is 2.53. The third-order valence-electron chi connectivity index (χ3n) is 5.60. The molecule has 0 amide bonds. The second-order valence-electron chi connectivity index (χ2n) is 8.13. The summed E-state index contributed by atoms with van der Waals surface area (Å²) in [6.07, 6.45) is 1.45. The van der Waals surface area contributed by atoms with E-state index in [1.165, 1.54) is 0 Å². The Morgan fingerprint density at radius 3 is 2.07 bits per heavy atom. The molecule has 4 unspecified atom stereocenters. The van der Waals surface area contributed by atoms with E-state index >= 15 is 0 Å². The predicted octanol–water partition coefficient (Wildman–Crippen LogP) is 4.54. The Morgan fingerprint density at radius 2 is 1.57 bits per heavy atom. The van der Waals surface area contributed by atoms with Gasteiger partial charge in [0.15, 0.2) is 0 Å². The molecule has 4 atom stereocenters. The number of hydrogen-bond acceptors (Lipinski definition) is 4. The lowest BCUT2D eigenvalue weighted by molar-refractivity contribution is -0.169. The van der Waals surface area contributed by atoms with Gasteiger partial charge in [-0.25, -0.2) is 0 Å². The van der Waals surface area contributed by atoms with Crippen LogP contribution in [0, 0.1) is 11.8 Å². The summed E-state index contributed by atoms with van der Waals surface area (Å²) in [5.74, 6) is -2.03. The maximum absolute atomic E-state index is 12.5. The number of hydrogen-bond donors (Lipinski definition) is 2. The first-order valence-corrected chi connectivity index (χ1v) is 10.6. The lowest BCUT2D eigenvalue weighted by Crippen LogP contribution is -2.42.